The van der Waals surface area contributed by atoms with Gasteiger partial charge in [0.05, 0.1) is 17.6 Å². The van der Waals surface area contributed by atoms with Crippen LogP contribution in [0.3, 0.4) is 0 Å². The van der Waals surface area contributed by atoms with Crippen LogP contribution in [0.5, 0.6) is 0 Å². The second-order valence-electron chi connectivity index (χ2n) is 3.90. The number of nitrogens with one attached hydrogen (secondary N) is 1. The van der Waals surface area contributed by atoms with Gasteiger partial charge in [-0.2, -0.15) is 0 Å². The summed E-state index contributed by atoms with van der Waals surface area (Å²) in [5.74, 6) is 0. The molecule has 0 saturated heterocycles. The van der Waals surface area contributed by atoms with Crippen LogP contribution in [0.25, 0.3) is 0 Å². The van der Waals surface area contributed by atoms with Crippen molar-refractivity contribution < 1.29 is 18.3 Å². The molecule has 0 radical (unpaired) electrons. The van der Waals surface area contributed by atoms with Crippen molar-refractivity contribution in [2.24, 2.45) is 0 Å². The maximum atomic E-state index is 11.9. The Bertz CT molecular complexity index is 501. The van der Waals surface area contributed by atoms with E-state index in [1.54, 1.807) is 0 Å². The lowest BCUT2D eigenvalue weighted by Gasteiger charge is -2.11. The third kappa shape index (κ3) is 5.64. The minimum atomic E-state index is -3.69. The molecule has 19 heavy (non-hydrogen) atoms. The lowest BCUT2D eigenvalue weighted by Crippen LogP contribution is -2.28. The van der Waals surface area contributed by atoms with E-state index in [-0.39, 0.29) is 34.5 Å². The minimum absolute atomic E-state index is 0.00812. The Morgan fingerprint density at radius 3 is 2.42 bits per heavy atom. The summed E-state index contributed by atoms with van der Waals surface area (Å²) in [6.45, 7) is 0.252. The number of ether oxygens (including phenoxy) is 1. The maximum absolute atomic E-state index is 11.9. The predicted octanol–water partition coefficient (Wildman–Crippen LogP) is 1.67. The van der Waals surface area contributed by atoms with Gasteiger partial charge in [0.2, 0.25) is 10.0 Å². The largest absolute Gasteiger partial charge is 0.391 e. The summed E-state index contributed by atoms with van der Waals surface area (Å²) in [4.78, 5) is -0.00812. The van der Waals surface area contributed by atoms with Gasteiger partial charge in [-0.1, -0.05) is 23.2 Å². The molecule has 8 heteroatoms. The molecular weight excluding hydrogens is 313 g/mol. The van der Waals surface area contributed by atoms with Crippen molar-refractivity contribution in [1.29, 1.82) is 0 Å². The van der Waals surface area contributed by atoms with E-state index in [2.05, 4.69) is 4.72 Å². The number of aliphatic hydroxyl groups excluding tert-OH is 1. The van der Waals surface area contributed by atoms with E-state index in [0.717, 1.165) is 0 Å². The van der Waals surface area contributed by atoms with E-state index in [1.165, 1.54) is 25.3 Å². The highest BCUT2D eigenvalue weighted by molar-refractivity contribution is 7.89. The molecule has 0 heterocycles. The Labute approximate surface area is 122 Å². The summed E-state index contributed by atoms with van der Waals surface area (Å²) >= 11 is 11.5. The summed E-state index contributed by atoms with van der Waals surface area (Å²) in [5, 5.41) is 9.89. The summed E-state index contributed by atoms with van der Waals surface area (Å²) in [6, 6.07) is 4.06. The molecule has 0 aliphatic heterocycles. The van der Waals surface area contributed by atoms with Gasteiger partial charge in [-0.3, -0.25) is 0 Å². The molecule has 1 atom stereocenters. The van der Waals surface area contributed by atoms with E-state index in [4.69, 9.17) is 27.9 Å². The third-order valence-corrected chi connectivity index (χ3v) is 4.15. The van der Waals surface area contributed by atoms with Gasteiger partial charge in [-0.15, -0.1) is 0 Å². The normalized spacial score (nSPS) is 13.5. The first-order chi connectivity index (χ1) is 8.85. The molecule has 0 aliphatic rings. The number of benzene rings is 1. The van der Waals surface area contributed by atoms with Gasteiger partial charge in [0.15, 0.2) is 0 Å². The number of halogens is 2. The topological polar surface area (TPSA) is 75.6 Å². The maximum Gasteiger partial charge on any atom is 0.240 e. The van der Waals surface area contributed by atoms with E-state index < -0.39 is 16.1 Å². The number of sulfonamides is 1. The van der Waals surface area contributed by atoms with Crippen LogP contribution < -0.4 is 4.72 Å². The highest BCUT2D eigenvalue weighted by atomic mass is 35.5. The number of hydrogen-bond donors (Lipinski definition) is 2. The Hall–Kier alpha value is -0.370. The lowest BCUT2D eigenvalue weighted by atomic mass is 10.3. The monoisotopic (exact) mass is 327 g/mol. The first kappa shape index (κ1) is 16.7. The van der Waals surface area contributed by atoms with Crippen LogP contribution in [-0.2, 0) is 14.8 Å². The van der Waals surface area contributed by atoms with Crippen molar-refractivity contribution in [2.75, 3.05) is 20.3 Å². The highest BCUT2D eigenvalue weighted by Gasteiger charge is 2.15. The molecular formula is C11H15Cl2NO4S. The van der Waals surface area contributed by atoms with E-state index in [1.807, 2.05) is 0 Å². The number of hydrogen-bond acceptors (Lipinski definition) is 4. The van der Waals surface area contributed by atoms with E-state index in [9.17, 15) is 13.5 Å². The summed E-state index contributed by atoms with van der Waals surface area (Å²) < 4.78 is 31.0. The van der Waals surface area contributed by atoms with Crippen LogP contribution in [-0.4, -0.2) is 39.9 Å². The zero-order valence-electron chi connectivity index (χ0n) is 10.3. The smallest absolute Gasteiger partial charge is 0.240 e. The molecule has 1 aromatic rings. The van der Waals surface area contributed by atoms with Gasteiger partial charge in [-0.25, -0.2) is 13.1 Å². The number of aliphatic hydroxyl groups is 1. The Kier molecular flexibility index (Phi) is 6.52. The first-order valence-electron chi connectivity index (χ1n) is 5.48. The fourth-order valence-corrected chi connectivity index (χ4v) is 3.18. The van der Waals surface area contributed by atoms with Crippen molar-refractivity contribution in [3.63, 3.8) is 0 Å². The van der Waals surface area contributed by atoms with Gasteiger partial charge >= 0.3 is 0 Å². The average Bonchev–Trinajstić information content (AvgIpc) is 2.27. The van der Waals surface area contributed by atoms with E-state index >= 15 is 0 Å². The Morgan fingerprint density at radius 1 is 1.32 bits per heavy atom. The molecule has 0 bridgehead atoms. The molecule has 1 unspecified atom stereocenters. The molecule has 0 amide bonds. The van der Waals surface area contributed by atoms with Crippen LogP contribution in [0.2, 0.25) is 10.0 Å². The average molecular weight is 328 g/mol. The van der Waals surface area contributed by atoms with Crippen LogP contribution in [0.15, 0.2) is 23.1 Å². The van der Waals surface area contributed by atoms with Crippen LogP contribution in [0.1, 0.15) is 6.42 Å². The SMILES string of the molecule is COCC(O)CCNS(=O)(=O)c1cc(Cl)cc(Cl)c1. The highest BCUT2D eigenvalue weighted by Crippen LogP contribution is 2.22. The minimum Gasteiger partial charge on any atom is -0.391 e. The summed E-state index contributed by atoms with van der Waals surface area (Å²) in [5.41, 5.74) is 0. The van der Waals surface area contributed by atoms with Crippen LogP contribution in [0, 0.1) is 0 Å². The van der Waals surface area contributed by atoms with Gasteiger partial charge in [0, 0.05) is 23.7 Å². The Balaban J connectivity index is 2.66. The van der Waals surface area contributed by atoms with Crippen LogP contribution >= 0.6 is 23.2 Å². The van der Waals surface area contributed by atoms with Gasteiger partial charge in [0.1, 0.15) is 0 Å². The molecule has 0 saturated carbocycles. The quantitative estimate of drug-likeness (QED) is 0.798. The van der Waals surface area contributed by atoms with Gasteiger partial charge in [-0.05, 0) is 24.6 Å². The second kappa shape index (κ2) is 7.42. The van der Waals surface area contributed by atoms with Crippen molar-refractivity contribution >= 4 is 33.2 Å². The summed E-state index contributed by atoms with van der Waals surface area (Å²) in [7, 11) is -2.23. The fraction of sp³-hybridized carbons (Fsp3) is 0.455. The zero-order chi connectivity index (χ0) is 14.5. The number of methoxy groups -OCH3 is 1. The standard InChI is InChI=1S/C11H15Cl2NO4S/c1-18-7-10(15)2-3-14-19(16,17)11-5-8(12)4-9(13)6-11/h4-6,10,14-15H,2-3,7H2,1H3. The molecule has 1 aromatic carbocycles. The predicted molar refractivity (Wildman–Crippen MR) is 74.2 cm³/mol. The van der Waals surface area contributed by atoms with Crippen molar-refractivity contribution in [2.45, 2.75) is 17.4 Å². The Morgan fingerprint density at radius 2 is 1.89 bits per heavy atom. The lowest BCUT2D eigenvalue weighted by molar-refractivity contribution is 0.0603. The number of rotatable bonds is 7. The molecule has 5 nitrogen and oxygen atoms in total. The second-order valence-corrected chi connectivity index (χ2v) is 6.54. The fourth-order valence-electron chi connectivity index (χ4n) is 1.40. The van der Waals surface area contributed by atoms with Crippen molar-refractivity contribution in [1.82, 2.24) is 4.72 Å². The summed E-state index contributed by atoms with van der Waals surface area (Å²) in [6.07, 6.45) is -0.461. The molecule has 1 rings (SSSR count). The first-order valence-corrected chi connectivity index (χ1v) is 7.72. The van der Waals surface area contributed by atoms with Crippen molar-refractivity contribution in [3.05, 3.63) is 28.2 Å². The molecule has 108 valence electrons. The molecule has 0 spiro atoms. The zero-order valence-corrected chi connectivity index (χ0v) is 12.6. The third-order valence-electron chi connectivity index (χ3n) is 2.28. The van der Waals surface area contributed by atoms with Gasteiger partial charge in [0.25, 0.3) is 0 Å². The molecule has 0 fully saturated rings. The molecule has 2 N–H and O–H groups in total. The molecule has 0 aromatic heterocycles. The van der Waals surface area contributed by atoms with E-state index in [0.29, 0.717) is 0 Å². The van der Waals surface area contributed by atoms with Crippen LogP contribution in [0.4, 0.5) is 0 Å². The van der Waals surface area contributed by atoms with Gasteiger partial charge < -0.3 is 9.84 Å². The van der Waals surface area contributed by atoms with Crippen molar-refractivity contribution in [3.8, 4) is 0 Å². The molecule has 0 aliphatic carbocycles.